The number of halogens is 1. The first kappa shape index (κ1) is 20.7. The molecule has 2 aromatic carbocycles. The minimum absolute atomic E-state index is 0.0251. The van der Waals surface area contributed by atoms with Crippen LogP contribution >= 0.6 is 11.6 Å². The van der Waals surface area contributed by atoms with E-state index in [1.165, 1.54) is 24.0 Å². The summed E-state index contributed by atoms with van der Waals surface area (Å²) in [6.45, 7) is 1.47. The van der Waals surface area contributed by atoms with Crippen LogP contribution in [0.5, 0.6) is 11.5 Å². The summed E-state index contributed by atoms with van der Waals surface area (Å²) in [5.74, 6) is 1.13. The molecular weight excluding hydrogens is 402 g/mol. The third-order valence-electron chi connectivity index (χ3n) is 5.64. The Morgan fingerprint density at radius 1 is 0.967 bits per heavy atom. The van der Waals surface area contributed by atoms with Crippen molar-refractivity contribution in [1.29, 1.82) is 0 Å². The third kappa shape index (κ3) is 4.96. The minimum Gasteiger partial charge on any atom is -0.486 e. The van der Waals surface area contributed by atoms with Gasteiger partial charge in [-0.25, -0.2) is 0 Å². The van der Waals surface area contributed by atoms with Crippen LogP contribution in [-0.4, -0.2) is 31.4 Å². The predicted molar refractivity (Wildman–Crippen MR) is 116 cm³/mol. The van der Waals surface area contributed by atoms with Crippen molar-refractivity contribution in [3.63, 3.8) is 0 Å². The van der Waals surface area contributed by atoms with E-state index in [1.54, 1.807) is 0 Å². The summed E-state index contributed by atoms with van der Waals surface area (Å²) < 4.78 is 11.1. The van der Waals surface area contributed by atoms with Crippen LogP contribution in [0.15, 0.2) is 30.3 Å². The molecule has 4 rings (SSSR count). The lowest BCUT2D eigenvalue weighted by Gasteiger charge is -2.20. The van der Waals surface area contributed by atoms with Crippen molar-refractivity contribution in [2.75, 3.05) is 19.8 Å². The summed E-state index contributed by atoms with van der Waals surface area (Å²) in [5.41, 5.74) is 4.33. The third-order valence-corrected chi connectivity index (χ3v) is 5.92. The van der Waals surface area contributed by atoms with E-state index in [0.717, 1.165) is 24.0 Å². The number of nitrogens with one attached hydrogen (secondary N) is 1. The first-order valence-corrected chi connectivity index (χ1v) is 11.0. The van der Waals surface area contributed by atoms with Gasteiger partial charge in [0.15, 0.2) is 17.3 Å². The molecule has 1 heterocycles. The van der Waals surface area contributed by atoms with Crippen molar-refractivity contribution in [2.45, 2.75) is 44.9 Å². The number of hydrogen-bond donors (Lipinski definition) is 1. The molecule has 1 aliphatic heterocycles. The fourth-order valence-corrected chi connectivity index (χ4v) is 4.31. The van der Waals surface area contributed by atoms with Crippen LogP contribution in [0, 0.1) is 0 Å². The number of rotatable bonds is 7. The summed E-state index contributed by atoms with van der Waals surface area (Å²) in [5, 5.41) is 3.40. The highest BCUT2D eigenvalue weighted by Gasteiger charge is 2.17. The van der Waals surface area contributed by atoms with Gasteiger partial charge in [-0.3, -0.25) is 9.59 Å². The van der Waals surface area contributed by atoms with E-state index in [1.807, 2.05) is 24.3 Å². The quantitative estimate of drug-likeness (QED) is 0.668. The Labute approximate surface area is 181 Å². The van der Waals surface area contributed by atoms with E-state index >= 15 is 0 Å². The lowest BCUT2D eigenvalue weighted by Crippen LogP contribution is -2.26. The summed E-state index contributed by atoms with van der Waals surface area (Å²) in [6.07, 6.45) is 5.58. The zero-order valence-corrected chi connectivity index (χ0v) is 17.7. The molecule has 0 unspecified atom stereocenters. The Morgan fingerprint density at radius 3 is 2.63 bits per heavy atom. The van der Waals surface area contributed by atoms with Gasteiger partial charge in [-0.15, -0.1) is 0 Å². The van der Waals surface area contributed by atoms with Crippen LogP contribution in [0.2, 0.25) is 5.02 Å². The maximum Gasteiger partial charge on any atom is 0.220 e. The smallest absolute Gasteiger partial charge is 0.220 e. The molecule has 0 atom stereocenters. The molecule has 158 valence electrons. The number of carbonyl (C=O) groups excluding carboxylic acids is 2. The second-order valence-electron chi connectivity index (χ2n) is 7.82. The lowest BCUT2D eigenvalue weighted by atomic mass is 9.89. The Hall–Kier alpha value is -2.53. The zero-order valence-electron chi connectivity index (χ0n) is 17.0. The van der Waals surface area contributed by atoms with Gasteiger partial charge < -0.3 is 14.8 Å². The van der Waals surface area contributed by atoms with E-state index < -0.39 is 0 Å². The SMILES string of the molecule is O=C(CCC(=O)c1ccc2c(c1)CCCC2)NCCc1cc(Cl)c2c(c1)OCCO2. The molecule has 0 radical (unpaired) electrons. The monoisotopic (exact) mass is 427 g/mol. The highest BCUT2D eigenvalue weighted by Crippen LogP contribution is 2.38. The molecular formula is C24H26ClNO4. The molecule has 2 aliphatic rings. The molecule has 1 amide bonds. The number of hydrogen-bond acceptors (Lipinski definition) is 4. The van der Waals surface area contributed by atoms with Crippen LogP contribution in [0.4, 0.5) is 0 Å². The van der Waals surface area contributed by atoms with E-state index in [9.17, 15) is 9.59 Å². The fraction of sp³-hybridized carbons (Fsp3) is 0.417. The summed E-state index contributed by atoms with van der Waals surface area (Å²) in [7, 11) is 0. The highest BCUT2D eigenvalue weighted by molar-refractivity contribution is 6.32. The van der Waals surface area contributed by atoms with E-state index in [-0.39, 0.29) is 24.5 Å². The summed E-state index contributed by atoms with van der Waals surface area (Å²) >= 11 is 6.25. The molecule has 1 aliphatic carbocycles. The first-order chi connectivity index (χ1) is 14.6. The molecule has 0 bridgehead atoms. The van der Waals surface area contributed by atoms with Gasteiger partial charge in [-0.1, -0.05) is 23.7 Å². The van der Waals surface area contributed by atoms with Crippen LogP contribution < -0.4 is 14.8 Å². The van der Waals surface area contributed by atoms with E-state index in [2.05, 4.69) is 11.4 Å². The maximum atomic E-state index is 12.5. The maximum absolute atomic E-state index is 12.5. The Bertz CT molecular complexity index is 956. The van der Waals surface area contributed by atoms with Crippen molar-refractivity contribution in [2.24, 2.45) is 0 Å². The van der Waals surface area contributed by atoms with Crippen molar-refractivity contribution < 1.29 is 19.1 Å². The molecule has 5 nitrogen and oxygen atoms in total. The van der Waals surface area contributed by atoms with Gasteiger partial charge in [-0.2, -0.15) is 0 Å². The highest BCUT2D eigenvalue weighted by atomic mass is 35.5. The van der Waals surface area contributed by atoms with Gasteiger partial charge in [0.25, 0.3) is 0 Å². The average Bonchev–Trinajstić information content (AvgIpc) is 2.77. The number of ketones is 1. The van der Waals surface area contributed by atoms with Crippen molar-refractivity contribution in [1.82, 2.24) is 5.32 Å². The second kappa shape index (κ2) is 9.52. The fourth-order valence-electron chi connectivity index (χ4n) is 4.02. The van der Waals surface area contributed by atoms with E-state index in [4.69, 9.17) is 21.1 Å². The standard InChI is InChI=1S/C24H26ClNO4/c25-20-13-16(14-22-24(20)30-12-11-29-22)9-10-26-23(28)8-7-21(27)19-6-5-17-3-1-2-4-18(17)15-19/h5-6,13-15H,1-4,7-12H2,(H,26,28). The molecule has 2 aromatic rings. The van der Waals surface area contributed by atoms with Crippen LogP contribution in [-0.2, 0) is 24.1 Å². The van der Waals surface area contributed by atoms with Gasteiger partial charge in [0.05, 0.1) is 5.02 Å². The Morgan fingerprint density at radius 2 is 1.77 bits per heavy atom. The predicted octanol–water partition coefficient (Wildman–Crippen LogP) is 4.31. The average molecular weight is 428 g/mol. The van der Waals surface area contributed by atoms with Gasteiger partial charge >= 0.3 is 0 Å². The number of amides is 1. The number of fused-ring (bicyclic) bond motifs is 2. The number of aryl methyl sites for hydroxylation is 2. The molecule has 1 N–H and O–H groups in total. The van der Waals surface area contributed by atoms with Gasteiger partial charge in [0.2, 0.25) is 5.91 Å². The van der Waals surface area contributed by atoms with Crippen LogP contribution in [0.25, 0.3) is 0 Å². The van der Waals surface area contributed by atoms with Crippen molar-refractivity contribution >= 4 is 23.3 Å². The molecule has 0 aromatic heterocycles. The number of benzene rings is 2. The Kier molecular flexibility index (Phi) is 6.58. The molecule has 0 saturated heterocycles. The first-order valence-electron chi connectivity index (χ1n) is 10.6. The topological polar surface area (TPSA) is 64.6 Å². The lowest BCUT2D eigenvalue weighted by molar-refractivity contribution is -0.121. The van der Waals surface area contributed by atoms with Gasteiger partial charge in [-0.05, 0) is 67.0 Å². The second-order valence-corrected chi connectivity index (χ2v) is 8.22. The van der Waals surface area contributed by atoms with Crippen LogP contribution in [0.1, 0.15) is 52.7 Å². The van der Waals surface area contributed by atoms with Crippen molar-refractivity contribution in [3.8, 4) is 11.5 Å². The summed E-state index contributed by atoms with van der Waals surface area (Å²) in [6, 6.07) is 9.71. The molecule has 0 spiro atoms. The largest absolute Gasteiger partial charge is 0.486 e. The zero-order chi connectivity index (χ0) is 20.9. The number of ether oxygens (including phenoxy) is 2. The van der Waals surface area contributed by atoms with Gasteiger partial charge in [0.1, 0.15) is 13.2 Å². The van der Waals surface area contributed by atoms with Crippen molar-refractivity contribution in [3.05, 3.63) is 57.6 Å². The number of Topliss-reactive ketones (excluding diaryl/α,β-unsaturated/α-hetero) is 1. The van der Waals surface area contributed by atoms with Crippen LogP contribution in [0.3, 0.4) is 0 Å². The molecule has 6 heteroatoms. The molecule has 0 fully saturated rings. The normalized spacial score (nSPS) is 14.7. The molecule has 0 saturated carbocycles. The van der Waals surface area contributed by atoms with E-state index in [0.29, 0.717) is 42.7 Å². The van der Waals surface area contributed by atoms with Gasteiger partial charge in [0, 0.05) is 24.9 Å². The number of carbonyl (C=O) groups is 2. The Balaban J connectivity index is 1.23. The minimum atomic E-state index is -0.120. The summed E-state index contributed by atoms with van der Waals surface area (Å²) in [4.78, 5) is 24.7. The molecule has 30 heavy (non-hydrogen) atoms.